The van der Waals surface area contributed by atoms with Gasteiger partial charge in [-0.15, -0.1) is 0 Å². The molecule has 0 bridgehead atoms. The molecule has 0 aliphatic carbocycles. The molecule has 0 fully saturated rings. The van der Waals surface area contributed by atoms with Gasteiger partial charge in [0, 0.05) is 5.69 Å². The molecule has 1 heterocycles. The maximum Gasteiger partial charge on any atom is 0.231 e. The van der Waals surface area contributed by atoms with Crippen molar-refractivity contribution in [2.45, 2.75) is 31.5 Å². The maximum atomic E-state index is 12.5. The lowest BCUT2D eigenvalue weighted by atomic mass is 9.90. The number of hydrogen-bond donors (Lipinski definition) is 1. The van der Waals surface area contributed by atoms with Gasteiger partial charge in [0.2, 0.25) is 5.91 Å². The molecule has 6 nitrogen and oxygen atoms in total. The highest BCUT2D eigenvalue weighted by atomic mass is 32.2. The van der Waals surface area contributed by atoms with Crippen LogP contribution in [-0.2, 0) is 4.79 Å². The molecule has 3 aromatic rings. The summed E-state index contributed by atoms with van der Waals surface area (Å²) in [6.07, 6.45) is 0. The van der Waals surface area contributed by atoms with E-state index in [-0.39, 0.29) is 17.6 Å². The third-order valence-corrected chi connectivity index (χ3v) is 5.92. The van der Waals surface area contributed by atoms with Crippen LogP contribution in [0.4, 0.5) is 0 Å². The van der Waals surface area contributed by atoms with Gasteiger partial charge in [0.05, 0.1) is 30.0 Å². The minimum absolute atomic E-state index is 0.00493. The summed E-state index contributed by atoms with van der Waals surface area (Å²) in [5.41, 5.74) is 1.86. The normalized spacial score (nSPS) is 13.1. The quantitative estimate of drug-likeness (QED) is 0.593. The number of nitriles is 1. The number of rotatable bonds is 7. The molecule has 0 aliphatic heterocycles. The number of methoxy groups -OCH3 is 1. The molecule has 1 aromatic heterocycles. The van der Waals surface area contributed by atoms with Crippen LogP contribution in [-0.4, -0.2) is 33.9 Å². The first-order valence-corrected chi connectivity index (χ1v) is 10.3. The van der Waals surface area contributed by atoms with Gasteiger partial charge >= 0.3 is 0 Å². The molecule has 0 spiro atoms. The number of carbonyl (C=O) groups excluding carboxylic acids is 1. The van der Waals surface area contributed by atoms with E-state index in [4.69, 9.17) is 9.72 Å². The lowest BCUT2D eigenvalue weighted by Gasteiger charge is -2.27. The van der Waals surface area contributed by atoms with E-state index in [0.29, 0.717) is 0 Å². The first-order chi connectivity index (χ1) is 13.9. The summed E-state index contributed by atoms with van der Waals surface area (Å²) in [6, 6.07) is 17.8. The number of fused-ring (bicyclic) bond motifs is 1. The Hall–Kier alpha value is -2.98. The summed E-state index contributed by atoms with van der Waals surface area (Å²) >= 11 is 1.35. The summed E-state index contributed by atoms with van der Waals surface area (Å²) in [4.78, 5) is 17.2. The van der Waals surface area contributed by atoms with Crippen LogP contribution in [0.2, 0.25) is 0 Å². The number of amides is 1. The lowest BCUT2D eigenvalue weighted by Crippen LogP contribution is -2.49. The number of nitrogens with zero attached hydrogens (tertiary/aromatic N) is 3. The van der Waals surface area contributed by atoms with Gasteiger partial charge in [-0.25, -0.2) is 4.98 Å². The van der Waals surface area contributed by atoms with Gasteiger partial charge in [-0.3, -0.25) is 9.36 Å². The molecular weight excluding hydrogens is 384 g/mol. The van der Waals surface area contributed by atoms with E-state index in [1.807, 2.05) is 66.9 Å². The molecular formula is C22H24N4O2S. The first kappa shape index (κ1) is 20.7. The predicted molar refractivity (Wildman–Crippen MR) is 115 cm³/mol. The molecule has 0 aliphatic rings. The van der Waals surface area contributed by atoms with Crippen LogP contribution in [0.25, 0.3) is 16.7 Å². The Labute approximate surface area is 174 Å². The van der Waals surface area contributed by atoms with Crippen molar-refractivity contribution in [3.8, 4) is 17.5 Å². The van der Waals surface area contributed by atoms with Crippen LogP contribution in [0.5, 0.6) is 5.75 Å². The van der Waals surface area contributed by atoms with Gasteiger partial charge < -0.3 is 10.1 Å². The number of aromatic nitrogens is 2. The monoisotopic (exact) mass is 408 g/mol. The highest BCUT2D eigenvalue weighted by Crippen LogP contribution is 2.29. The largest absolute Gasteiger partial charge is 0.497 e. The van der Waals surface area contributed by atoms with Crippen molar-refractivity contribution in [1.29, 1.82) is 5.26 Å². The topological polar surface area (TPSA) is 79.9 Å². The van der Waals surface area contributed by atoms with Gasteiger partial charge in [-0.2, -0.15) is 5.26 Å². The number of benzene rings is 2. The van der Waals surface area contributed by atoms with Gasteiger partial charge in [0.1, 0.15) is 11.3 Å². The number of ether oxygens (including phenoxy) is 1. The third kappa shape index (κ3) is 4.38. The van der Waals surface area contributed by atoms with E-state index in [1.165, 1.54) is 11.8 Å². The fraction of sp³-hybridized carbons (Fsp3) is 0.318. The van der Waals surface area contributed by atoms with Gasteiger partial charge in [0.25, 0.3) is 0 Å². The van der Waals surface area contributed by atoms with E-state index in [1.54, 1.807) is 14.0 Å². The number of carbonyl (C=O) groups is 1. The number of hydrogen-bond acceptors (Lipinski definition) is 5. The number of para-hydroxylation sites is 2. The van der Waals surface area contributed by atoms with Crippen LogP contribution in [0.1, 0.15) is 20.8 Å². The third-order valence-electron chi connectivity index (χ3n) is 4.98. The summed E-state index contributed by atoms with van der Waals surface area (Å²) < 4.78 is 7.28. The molecule has 0 saturated heterocycles. The molecule has 3 rings (SSSR count). The highest BCUT2D eigenvalue weighted by molar-refractivity contribution is 7.99. The second kappa shape index (κ2) is 8.58. The minimum atomic E-state index is -0.895. The minimum Gasteiger partial charge on any atom is -0.497 e. The maximum absolute atomic E-state index is 12.5. The molecule has 7 heteroatoms. The zero-order chi connectivity index (χ0) is 21.0. The molecule has 150 valence electrons. The fourth-order valence-electron chi connectivity index (χ4n) is 2.84. The van der Waals surface area contributed by atoms with E-state index in [2.05, 4.69) is 11.4 Å². The van der Waals surface area contributed by atoms with E-state index >= 15 is 0 Å². The molecule has 0 unspecified atom stereocenters. The van der Waals surface area contributed by atoms with Crippen LogP contribution in [0.3, 0.4) is 0 Å². The van der Waals surface area contributed by atoms with Crippen molar-refractivity contribution in [1.82, 2.24) is 14.9 Å². The molecule has 1 atom stereocenters. The molecule has 0 saturated carbocycles. The zero-order valence-corrected chi connectivity index (χ0v) is 17.8. The Balaban J connectivity index is 1.88. The lowest BCUT2D eigenvalue weighted by molar-refractivity contribution is -0.120. The van der Waals surface area contributed by atoms with Crippen LogP contribution in [0, 0.1) is 17.2 Å². The van der Waals surface area contributed by atoms with Crippen molar-refractivity contribution in [2.75, 3.05) is 12.9 Å². The van der Waals surface area contributed by atoms with Gasteiger partial charge in [-0.1, -0.05) is 37.7 Å². The van der Waals surface area contributed by atoms with Crippen molar-refractivity contribution in [3.63, 3.8) is 0 Å². The molecule has 0 radical (unpaired) electrons. The fourth-order valence-corrected chi connectivity index (χ4v) is 3.67. The van der Waals surface area contributed by atoms with Crippen LogP contribution < -0.4 is 10.1 Å². The number of nitrogens with one attached hydrogen (secondary N) is 1. The summed E-state index contributed by atoms with van der Waals surface area (Å²) in [6.45, 7) is 5.58. The Bertz CT molecular complexity index is 1050. The average Bonchev–Trinajstić information content (AvgIpc) is 3.10. The Kier molecular flexibility index (Phi) is 6.14. The van der Waals surface area contributed by atoms with Gasteiger partial charge in [0.15, 0.2) is 5.16 Å². The van der Waals surface area contributed by atoms with Gasteiger partial charge in [-0.05, 0) is 49.2 Å². The molecule has 29 heavy (non-hydrogen) atoms. The van der Waals surface area contributed by atoms with Crippen molar-refractivity contribution < 1.29 is 9.53 Å². The highest BCUT2D eigenvalue weighted by Gasteiger charge is 2.30. The molecule has 1 N–H and O–H groups in total. The second-order valence-electron chi connectivity index (χ2n) is 7.22. The Morgan fingerprint density at radius 2 is 1.97 bits per heavy atom. The second-order valence-corrected chi connectivity index (χ2v) is 8.16. The van der Waals surface area contributed by atoms with Crippen molar-refractivity contribution in [3.05, 3.63) is 48.5 Å². The summed E-state index contributed by atoms with van der Waals surface area (Å²) in [5, 5.41) is 13.0. The first-order valence-electron chi connectivity index (χ1n) is 9.35. The predicted octanol–water partition coefficient (Wildman–Crippen LogP) is 4.18. The zero-order valence-electron chi connectivity index (χ0n) is 17.0. The van der Waals surface area contributed by atoms with Crippen LogP contribution >= 0.6 is 11.8 Å². The van der Waals surface area contributed by atoms with Crippen molar-refractivity contribution >= 4 is 28.7 Å². The average molecular weight is 409 g/mol. The Morgan fingerprint density at radius 1 is 1.28 bits per heavy atom. The summed E-state index contributed by atoms with van der Waals surface area (Å²) in [7, 11) is 1.63. The standard InChI is InChI=1S/C22H24N4O2S/c1-15(2)22(3,14-23)25-20(27)13-29-21-24-18-7-5-6-8-19(18)26(21)16-9-11-17(28-4)12-10-16/h5-12,15H,13H2,1-4H3,(H,25,27)/t22-/m0/s1. The van der Waals surface area contributed by atoms with E-state index in [0.717, 1.165) is 27.6 Å². The SMILES string of the molecule is COc1ccc(-n2c(SCC(=O)N[C@@](C)(C#N)C(C)C)nc3ccccc32)cc1. The van der Waals surface area contributed by atoms with E-state index < -0.39 is 5.54 Å². The number of imidazole rings is 1. The molecule has 1 amide bonds. The number of thioether (sulfide) groups is 1. The van der Waals surface area contributed by atoms with Crippen molar-refractivity contribution in [2.24, 2.45) is 5.92 Å². The van der Waals surface area contributed by atoms with E-state index in [9.17, 15) is 10.1 Å². The van der Waals surface area contributed by atoms with Crippen LogP contribution in [0.15, 0.2) is 53.7 Å². The Morgan fingerprint density at radius 3 is 2.59 bits per heavy atom. The smallest absolute Gasteiger partial charge is 0.231 e. The molecule has 2 aromatic carbocycles. The summed E-state index contributed by atoms with van der Waals surface area (Å²) in [5.74, 6) is 0.756.